The van der Waals surface area contributed by atoms with Crippen molar-refractivity contribution in [2.75, 3.05) is 36.6 Å². The summed E-state index contributed by atoms with van der Waals surface area (Å²) in [6, 6.07) is 0.286. The fourth-order valence-electron chi connectivity index (χ4n) is 2.13. The van der Waals surface area contributed by atoms with E-state index in [1.54, 1.807) is 0 Å². The maximum absolute atomic E-state index is 9.16. The Morgan fingerprint density at radius 1 is 1.35 bits per heavy atom. The van der Waals surface area contributed by atoms with Gasteiger partial charge in [0.15, 0.2) is 0 Å². The summed E-state index contributed by atoms with van der Waals surface area (Å²) >= 11 is 0. The summed E-state index contributed by atoms with van der Waals surface area (Å²) in [5.41, 5.74) is 2.43. The Kier molecular flexibility index (Phi) is 5.31. The third-order valence-corrected chi connectivity index (χ3v) is 3.32. The van der Waals surface area contributed by atoms with Crippen molar-refractivity contribution in [3.05, 3.63) is 0 Å². The van der Waals surface area contributed by atoms with Gasteiger partial charge in [-0.15, -0.1) is 0 Å². The first kappa shape index (κ1) is 14.7. The van der Waals surface area contributed by atoms with Crippen molar-refractivity contribution in [2.45, 2.75) is 26.2 Å². The molecule has 0 saturated carbocycles. The molecule has 1 aromatic rings. The minimum atomic E-state index is 0.242. The van der Waals surface area contributed by atoms with E-state index in [2.05, 4.69) is 25.3 Å². The number of aliphatic hydroxyl groups is 1. The first-order chi connectivity index (χ1) is 9.76. The van der Waals surface area contributed by atoms with Gasteiger partial charge in [0.25, 0.3) is 0 Å². The van der Waals surface area contributed by atoms with Crippen LogP contribution in [-0.2, 0) is 0 Å². The van der Waals surface area contributed by atoms with Crippen molar-refractivity contribution in [1.29, 1.82) is 0 Å². The van der Waals surface area contributed by atoms with Gasteiger partial charge in [-0.3, -0.25) is 5.43 Å². The van der Waals surface area contributed by atoms with Gasteiger partial charge in [0.2, 0.25) is 11.9 Å². The van der Waals surface area contributed by atoms with Gasteiger partial charge in [0.1, 0.15) is 0 Å². The van der Waals surface area contributed by atoms with E-state index in [9.17, 15) is 0 Å². The Morgan fingerprint density at radius 2 is 2.10 bits per heavy atom. The Balaban J connectivity index is 2.10. The number of rotatable bonds is 6. The fourth-order valence-corrected chi connectivity index (χ4v) is 2.13. The average Bonchev–Trinajstić information content (AvgIpc) is 2.52. The van der Waals surface area contributed by atoms with Crippen LogP contribution in [0.25, 0.3) is 0 Å². The number of piperidine rings is 1. The number of anilines is 2. The molecule has 1 aliphatic heterocycles. The monoisotopic (exact) mass is 282 g/mol. The van der Waals surface area contributed by atoms with Crippen LogP contribution in [0, 0.1) is 5.92 Å². The van der Waals surface area contributed by atoms with Gasteiger partial charge in [-0.1, -0.05) is 6.92 Å². The number of nitrogen functional groups attached to an aromatic ring is 1. The van der Waals surface area contributed by atoms with Crippen molar-refractivity contribution in [2.24, 2.45) is 11.8 Å². The SMILES string of the molecule is CCCOc1nc(NN)nc(N2CCC(CO)CC2)n1. The number of aliphatic hydroxyl groups excluding tert-OH is 1. The van der Waals surface area contributed by atoms with Gasteiger partial charge in [-0.05, 0) is 25.2 Å². The van der Waals surface area contributed by atoms with Crippen LogP contribution in [0.15, 0.2) is 0 Å². The third-order valence-electron chi connectivity index (χ3n) is 3.32. The maximum Gasteiger partial charge on any atom is 0.323 e. The van der Waals surface area contributed by atoms with Crippen molar-refractivity contribution in [1.82, 2.24) is 15.0 Å². The van der Waals surface area contributed by atoms with Gasteiger partial charge in [0, 0.05) is 19.7 Å². The van der Waals surface area contributed by atoms with E-state index >= 15 is 0 Å². The molecule has 1 aliphatic rings. The van der Waals surface area contributed by atoms with E-state index < -0.39 is 0 Å². The molecule has 0 spiro atoms. The summed E-state index contributed by atoms with van der Waals surface area (Å²) in [5.74, 6) is 6.61. The zero-order chi connectivity index (χ0) is 14.4. The van der Waals surface area contributed by atoms with Crippen LogP contribution in [0.1, 0.15) is 26.2 Å². The molecule has 0 unspecified atom stereocenters. The molecule has 2 rings (SSSR count). The molecule has 1 fully saturated rings. The highest BCUT2D eigenvalue weighted by molar-refractivity contribution is 5.38. The number of aromatic nitrogens is 3. The molecule has 1 aromatic heterocycles. The Morgan fingerprint density at radius 3 is 2.70 bits per heavy atom. The van der Waals surface area contributed by atoms with Crippen molar-refractivity contribution in [3.8, 4) is 6.01 Å². The van der Waals surface area contributed by atoms with E-state index in [-0.39, 0.29) is 12.6 Å². The molecule has 112 valence electrons. The quantitative estimate of drug-likeness (QED) is 0.500. The van der Waals surface area contributed by atoms with Crippen LogP contribution in [0.4, 0.5) is 11.9 Å². The second-order valence-corrected chi connectivity index (χ2v) is 4.85. The Labute approximate surface area is 118 Å². The van der Waals surface area contributed by atoms with E-state index in [0.717, 1.165) is 32.4 Å². The highest BCUT2D eigenvalue weighted by atomic mass is 16.5. The number of hydrogen-bond donors (Lipinski definition) is 3. The molecule has 20 heavy (non-hydrogen) atoms. The standard InChI is InChI=1S/C12H22N6O2/c1-2-7-20-12-15-10(17-13)14-11(16-12)18-5-3-9(8-19)4-6-18/h9,19H,2-8,13H2,1H3,(H,14,15,16,17). The number of nitrogens with two attached hydrogens (primary N) is 1. The summed E-state index contributed by atoms with van der Waals surface area (Å²) in [6.07, 6.45) is 2.74. The number of ether oxygens (including phenoxy) is 1. The number of nitrogens with zero attached hydrogens (tertiary/aromatic N) is 4. The van der Waals surface area contributed by atoms with Gasteiger partial charge in [-0.2, -0.15) is 15.0 Å². The van der Waals surface area contributed by atoms with Gasteiger partial charge in [0.05, 0.1) is 6.61 Å². The third kappa shape index (κ3) is 3.67. The second kappa shape index (κ2) is 7.20. The van der Waals surface area contributed by atoms with E-state index in [0.29, 0.717) is 24.4 Å². The van der Waals surface area contributed by atoms with Crippen molar-refractivity contribution >= 4 is 11.9 Å². The predicted molar refractivity (Wildman–Crippen MR) is 75.4 cm³/mol. The minimum Gasteiger partial charge on any atom is -0.463 e. The minimum absolute atomic E-state index is 0.242. The smallest absolute Gasteiger partial charge is 0.323 e. The topological polar surface area (TPSA) is 109 Å². The largest absolute Gasteiger partial charge is 0.463 e. The molecule has 0 atom stereocenters. The molecule has 2 heterocycles. The summed E-state index contributed by atoms with van der Waals surface area (Å²) in [4.78, 5) is 14.7. The molecule has 1 saturated heterocycles. The lowest BCUT2D eigenvalue weighted by atomic mass is 9.98. The average molecular weight is 282 g/mol. The highest BCUT2D eigenvalue weighted by Gasteiger charge is 2.21. The van der Waals surface area contributed by atoms with Crippen LogP contribution in [0.3, 0.4) is 0 Å². The molecule has 4 N–H and O–H groups in total. The normalized spacial score (nSPS) is 16.2. The van der Waals surface area contributed by atoms with Crippen LogP contribution in [0.5, 0.6) is 6.01 Å². The molecule has 8 heteroatoms. The van der Waals surface area contributed by atoms with Crippen molar-refractivity contribution < 1.29 is 9.84 Å². The number of hydrazine groups is 1. The van der Waals surface area contributed by atoms with E-state index in [1.807, 2.05) is 6.92 Å². The molecule has 0 amide bonds. The summed E-state index contributed by atoms with van der Waals surface area (Å²) in [5, 5.41) is 9.16. The van der Waals surface area contributed by atoms with E-state index in [4.69, 9.17) is 15.7 Å². The molecular formula is C12H22N6O2. The van der Waals surface area contributed by atoms with Crippen LogP contribution in [-0.4, -0.2) is 46.4 Å². The zero-order valence-electron chi connectivity index (χ0n) is 11.7. The molecular weight excluding hydrogens is 260 g/mol. The number of nitrogens with one attached hydrogen (secondary N) is 1. The van der Waals surface area contributed by atoms with Crippen LogP contribution < -0.4 is 20.9 Å². The summed E-state index contributed by atoms with van der Waals surface area (Å²) < 4.78 is 5.45. The first-order valence-corrected chi connectivity index (χ1v) is 6.98. The number of hydrogen-bond acceptors (Lipinski definition) is 8. The second-order valence-electron chi connectivity index (χ2n) is 4.85. The van der Waals surface area contributed by atoms with Gasteiger partial charge < -0.3 is 14.7 Å². The fraction of sp³-hybridized carbons (Fsp3) is 0.750. The lowest BCUT2D eigenvalue weighted by Gasteiger charge is -2.31. The molecule has 0 aliphatic carbocycles. The highest BCUT2D eigenvalue weighted by Crippen LogP contribution is 2.22. The lowest BCUT2D eigenvalue weighted by Crippen LogP contribution is -2.36. The van der Waals surface area contributed by atoms with Gasteiger partial charge in [-0.25, -0.2) is 5.84 Å². The van der Waals surface area contributed by atoms with E-state index in [1.165, 1.54) is 0 Å². The molecule has 0 bridgehead atoms. The molecule has 8 nitrogen and oxygen atoms in total. The van der Waals surface area contributed by atoms with Crippen LogP contribution >= 0.6 is 0 Å². The van der Waals surface area contributed by atoms with Crippen molar-refractivity contribution in [3.63, 3.8) is 0 Å². The Bertz CT molecular complexity index is 422. The molecule has 0 aromatic carbocycles. The predicted octanol–water partition coefficient (Wildman–Crippen LogP) is 0.155. The lowest BCUT2D eigenvalue weighted by molar-refractivity contribution is 0.202. The molecule has 0 radical (unpaired) electrons. The van der Waals surface area contributed by atoms with Crippen LogP contribution in [0.2, 0.25) is 0 Å². The zero-order valence-corrected chi connectivity index (χ0v) is 11.7. The summed E-state index contributed by atoms with van der Waals surface area (Å²) in [7, 11) is 0. The van der Waals surface area contributed by atoms with Gasteiger partial charge >= 0.3 is 6.01 Å². The first-order valence-electron chi connectivity index (χ1n) is 6.98. The maximum atomic E-state index is 9.16. The summed E-state index contributed by atoms with van der Waals surface area (Å²) in [6.45, 7) is 4.44. The Hall–Kier alpha value is -1.67.